The monoisotopic (exact) mass is 428 g/mol. The summed E-state index contributed by atoms with van der Waals surface area (Å²) in [7, 11) is -3.95. The number of nitrogens with one attached hydrogen (secondary N) is 2. The minimum Gasteiger partial charge on any atom is -0.480 e. The van der Waals surface area contributed by atoms with Gasteiger partial charge in [0.1, 0.15) is 6.04 Å². The second-order valence-electron chi connectivity index (χ2n) is 7.24. The number of carboxylic acids is 1. The third-order valence-electron chi connectivity index (χ3n) is 4.88. The molecule has 0 bridgehead atoms. The number of rotatable bonds is 6. The number of hydrogen-bond acceptors (Lipinski definition) is 4. The molecule has 4 aromatic rings. The minimum atomic E-state index is -3.95. The molecule has 29 heavy (non-hydrogen) atoms. The Morgan fingerprint density at radius 3 is 2.52 bits per heavy atom. The summed E-state index contributed by atoms with van der Waals surface area (Å²) in [6.07, 6.45) is 1.87. The molecule has 0 amide bonds. The Morgan fingerprint density at radius 1 is 1.07 bits per heavy atom. The van der Waals surface area contributed by atoms with Crippen LogP contribution in [0.2, 0.25) is 0 Å². The topological polar surface area (TPSA) is 99.3 Å². The highest BCUT2D eigenvalue weighted by Gasteiger charge is 2.28. The molecule has 4 rings (SSSR count). The lowest BCUT2D eigenvalue weighted by atomic mass is 10.1. The number of fused-ring (bicyclic) bond motifs is 3. The van der Waals surface area contributed by atoms with Crippen molar-refractivity contribution in [1.29, 1.82) is 0 Å². The molecular weight excluding hydrogens is 408 g/mol. The number of sulfonamides is 1. The normalized spacial score (nSPS) is 13.3. The molecule has 1 atom stereocenters. The Hall–Kier alpha value is -2.68. The molecule has 2 aromatic carbocycles. The van der Waals surface area contributed by atoms with Crippen molar-refractivity contribution in [2.75, 3.05) is 0 Å². The predicted octanol–water partition coefficient (Wildman–Crippen LogP) is 4.44. The molecule has 0 radical (unpaired) electrons. The standard InChI is InChI=1S/C21H20N2O4S2/c1-12(2)20(21(24)25)23-29(26,27)14-6-7-15-16-10-13(17-4-3-9-22-17)5-8-18(16)28-19(15)11-14/h3-12,20,22-23H,1-2H3,(H,24,25)/t20-/m0/s1. The van der Waals surface area contributed by atoms with Gasteiger partial charge in [0, 0.05) is 32.1 Å². The molecule has 150 valence electrons. The van der Waals surface area contributed by atoms with Crippen molar-refractivity contribution in [3.05, 3.63) is 54.7 Å². The fourth-order valence-electron chi connectivity index (χ4n) is 3.31. The Kier molecular flexibility index (Phi) is 4.94. The van der Waals surface area contributed by atoms with E-state index < -0.39 is 22.0 Å². The van der Waals surface area contributed by atoms with Crippen LogP contribution in [0.25, 0.3) is 31.4 Å². The second-order valence-corrected chi connectivity index (χ2v) is 10.0. The molecule has 0 aliphatic heterocycles. The highest BCUT2D eigenvalue weighted by molar-refractivity contribution is 7.89. The van der Waals surface area contributed by atoms with Gasteiger partial charge in [-0.2, -0.15) is 4.72 Å². The smallest absolute Gasteiger partial charge is 0.322 e. The van der Waals surface area contributed by atoms with E-state index in [1.165, 1.54) is 17.4 Å². The summed E-state index contributed by atoms with van der Waals surface area (Å²) >= 11 is 1.51. The van der Waals surface area contributed by atoms with Crippen molar-refractivity contribution in [3.63, 3.8) is 0 Å². The van der Waals surface area contributed by atoms with E-state index in [1.54, 1.807) is 26.0 Å². The number of aliphatic carboxylic acids is 1. The van der Waals surface area contributed by atoms with E-state index >= 15 is 0 Å². The largest absolute Gasteiger partial charge is 0.480 e. The lowest BCUT2D eigenvalue weighted by Gasteiger charge is -2.18. The first kappa shape index (κ1) is 19.6. The number of carboxylic acid groups (broad SMARTS) is 1. The lowest BCUT2D eigenvalue weighted by molar-refractivity contribution is -0.140. The number of benzene rings is 2. The van der Waals surface area contributed by atoms with Gasteiger partial charge in [0.25, 0.3) is 0 Å². The van der Waals surface area contributed by atoms with Crippen LogP contribution in [0.15, 0.2) is 59.6 Å². The summed E-state index contributed by atoms with van der Waals surface area (Å²) in [5.74, 6) is -1.56. The molecule has 2 aromatic heterocycles. The van der Waals surface area contributed by atoms with Gasteiger partial charge >= 0.3 is 5.97 Å². The minimum absolute atomic E-state index is 0.0630. The molecule has 0 aliphatic rings. The zero-order valence-corrected chi connectivity index (χ0v) is 17.5. The number of H-pyrrole nitrogens is 1. The first-order chi connectivity index (χ1) is 13.8. The molecular formula is C21H20N2O4S2. The third kappa shape index (κ3) is 3.66. The highest BCUT2D eigenvalue weighted by atomic mass is 32.2. The Bertz CT molecular complexity index is 1310. The SMILES string of the molecule is CC(C)[C@H](NS(=O)(=O)c1ccc2c(c1)sc1ccc(-c3ccc[nH]3)cc12)C(=O)O. The summed E-state index contributed by atoms with van der Waals surface area (Å²) in [5.41, 5.74) is 2.07. The summed E-state index contributed by atoms with van der Waals surface area (Å²) < 4.78 is 29.7. The van der Waals surface area contributed by atoms with Crippen LogP contribution in [-0.4, -0.2) is 30.5 Å². The van der Waals surface area contributed by atoms with Crippen LogP contribution < -0.4 is 4.72 Å². The molecule has 0 saturated heterocycles. The zero-order valence-electron chi connectivity index (χ0n) is 15.8. The van der Waals surface area contributed by atoms with Gasteiger partial charge in [-0.15, -0.1) is 11.3 Å². The van der Waals surface area contributed by atoms with E-state index in [2.05, 4.69) is 15.8 Å². The van der Waals surface area contributed by atoms with Gasteiger partial charge in [0.2, 0.25) is 10.0 Å². The van der Waals surface area contributed by atoms with Gasteiger partial charge in [-0.25, -0.2) is 8.42 Å². The summed E-state index contributed by atoms with van der Waals surface area (Å²) in [6, 6.07) is 13.8. The maximum Gasteiger partial charge on any atom is 0.322 e. The van der Waals surface area contributed by atoms with Crippen molar-refractivity contribution < 1.29 is 18.3 Å². The van der Waals surface area contributed by atoms with Crippen LogP contribution >= 0.6 is 11.3 Å². The van der Waals surface area contributed by atoms with Gasteiger partial charge in [0.05, 0.1) is 4.90 Å². The summed E-state index contributed by atoms with van der Waals surface area (Å²) in [4.78, 5) is 14.6. The molecule has 0 spiro atoms. The van der Waals surface area contributed by atoms with E-state index in [4.69, 9.17) is 0 Å². The quantitative estimate of drug-likeness (QED) is 0.423. The Labute approximate surface area is 172 Å². The summed E-state index contributed by atoms with van der Waals surface area (Å²) in [6.45, 7) is 3.33. The molecule has 0 unspecified atom stereocenters. The fraction of sp³-hybridized carbons (Fsp3) is 0.190. The average molecular weight is 429 g/mol. The number of hydrogen-bond donors (Lipinski definition) is 3. The average Bonchev–Trinajstić information content (AvgIpc) is 3.32. The first-order valence-corrected chi connectivity index (χ1v) is 11.4. The first-order valence-electron chi connectivity index (χ1n) is 9.11. The van der Waals surface area contributed by atoms with Gasteiger partial charge < -0.3 is 10.1 Å². The Morgan fingerprint density at radius 2 is 1.86 bits per heavy atom. The number of carbonyl (C=O) groups is 1. The van der Waals surface area contributed by atoms with Crippen molar-refractivity contribution in [2.45, 2.75) is 24.8 Å². The van der Waals surface area contributed by atoms with E-state index in [-0.39, 0.29) is 10.8 Å². The molecule has 0 aliphatic carbocycles. The molecule has 6 nitrogen and oxygen atoms in total. The van der Waals surface area contributed by atoms with Gasteiger partial charge in [-0.3, -0.25) is 4.79 Å². The van der Waals surface area contributed by atoms with Crippen LogP contribution in [0.5, 0.6) is 0 Å². The molecule has 3 N–H and O–H groups in total. The van der Waals surface area contributed by atoms with E-state index in [9.17, 15) is 18.3 Å². The van der Waals surface area contributed by atoms with Gasteiger partial charge in [-0.05, 0) is 47.9 Å². The number of aromatic amines is 1. The van der Waals surface area contributed by atoms with Crippen LogP contribution in [0.3, 0.4) is 0 Å². The maximum absolute atomic E-state index is 12.7. The van der Waals surface area contributed by atoms with Crippen molar-refractivity contribution >= 4 is 47.5 Å². The van der Waals surface area contributed by atoms with Crippen LogP contribution in [0, 0.1) is 5.92 Å². The summed E-state index contributed by atoms with van der Waals surface area (Å²) in [5, 5.41) is 11.3. The van der Waals surface area contributed by atoms with E-state index in [0.29, 0.717) is 0 Å². The van der Waals surface area contributed by atoms with Gasteiger partial charge in [-0.1, -0.05) is 26.0 Å². The van der Waals surface area contributed by atoms with E-state index in [0.717, 1.165) is 31.4 Å². The zero-order chi connectivity index (χ0) is 20.8. The molecule has 8 heteroatoms. The van der Waals surface area contributed by atoms with Crippen molar-refractivity contribution in [2.24, 2.45) is 5.92 Å². The second kappa shape index (κ2) is 7.29. The van der Waals surface area contributed by atoms with Crippen molar-refractivity contribution in [3.8, 4) is 11.3 Å². The molecule has 0 saturated carbocycles. The van der Waals surface area contributed by atoms with Crippen molar-refractivity contribution in [1.82, 2.24) is 9.71 Å². The van der Waals surface area contributed by atoms with Crippen LogP contribution in [0.4, 0.5) is 0 Å². The highest BCUT2D eigenvalue weighted by Crippen LogP contribution is 2.37. The van der Waals surface area contributed by atoms with Gasteiger partial charge in [0.15, 0.2) is 0 Å². The molecule has 0 fully saturated rings. The van der Waals surface area contributed by atoms with Crippen LogP contribution in [0.1, 0.15) is 13.8 Å². The lowest BCUT2D eigenvalue weighted by Crippen LogP contribution is -2.44. The predicted molar refractivity (Wildman–Crippen MR) is 116 cm³/mol. The number of aromatic nitrogens is 1. The fourth-order valence-corrected chi connectivity index (χ4v) is 5.87. The Balaban J connectivity index is 1.76. The van der Waals surface area contributed by atoms with E-state index in [1.807, 2.05) is 30.5 Å². The molecule has 2 heterocycles. The maximum atomic E-state index is 12.7. The number of thiophene rings is 1. The third-order valence-corrected chi connectivity index (χ3v) is 7.45. The van der Waals surface area contributed by atoms with Crippen LogP contribution in [-0.2, 0) is 14.8 Å².